The fourth-order valence-corrected chi connectivity index (χ4v) is 3.99. The third kappa shape index (κ3) is 6.44. The maximum absolute atomic E-state index is 13.2. The van der Waals surface area contributed by atoms with Crippen LogP contribution in [-0.4, -0.2) is 39.9 Å². The van der Waals surface area contributed by atoms with E-state index in [0.29, 0.717) is 18.2 Å². The van der Waals surface area contributed by atoms with E-state index >= 15 is 0 Å². The molecule has 0 aliphatic carbocycles. The Hall–Kier alpha value is -4.39. The molecule has 0 fully saturated rings. The number of anilines is 1. The minimum Gasteiger partial charge on any atom is -0.497 e. The van der Waals surface area contributed by atoms with Crippen molar-refractivity contribution in [2.75, 3.05) is 19.0 Å². The number of aryl methyl sites for hydroxylation is 1. The molecule has 0 aliphatic rings. The van der Waals surface area contributed by atoms with Gasteiger partial charge in [0.1, 0.15) is 12.3 Å². The SMILES string of the molecule is COc1ccc(-c2cn(-c3ccc(C)cc3)c(NC(=O)CN(Cc3ccccc3)C(=O)C(C)C)n2)cc1. The lowest BCUT2D eigenvalue weighted by Crippen LogP contribution is -2.40. The number of imidazole rings is 1. The Morgan fingerprint density at radius 2 is 1.65 bits per heavy atom. The van der Waals surface area contributed by atoms with Crippen LogP contribution in [0.2, 0.25) is 0 Å². The molecule has 4 rings (SSSR count). The number of ether oxygens (including phenoxy) is 1. The Morgan fingerprint density at radius 3 is 2.27 bits per heavy atom. The van der Waals surface area contributed by atoms with Crippen LogP contribution in [0.5, 0.6) is 5.75 Å². The summed E-state index contributed by atoms with van der Waals surface area (Å²) in [6.45, 7) is 5.97. The molecule has 37 heavy (non-hydrogen) atoms. The second-order valence-electron chi connectivity index (χ2n) is 9.27. The Labute approximate surface area is 217 Å². The standard InChI is InChI=1S/C30H32N4O3/c1-21(2)29(36)33(18-23-8-6-5-7-9-23)20-28(35)32-30-31-27(24-12-16-26(37-4)17-13-24)19-34(30)25-14-10-22(3)11-15-25/h5-17,19,21H,18,20H2,1-4H3,(H,31,32,35). The first-order chi connectivity index (χ1) is 17.8. The van der Waals surface area contributed by atoms with Gasteiger partial charge < -0.3 is 9.64 Å². The first-order valence-corrected chi connectivity index (χ1v) is 12.3. The van der Waals surface area contributed by atoms with Crippen LogP contribution in [0, 0.1) is 12.8 Å². The normalized spacial score (nSPS) is 10.8. The maximum Gasteiger partial charge on any atom is 0.246 e. The van der Waals surface area contributed by atoms with Gasteiger partial charge in [0.05, 0.1) is 12.8 Å². The highest BCUT2D eigenvalue weighted by atomic mass is 16.5. The second-order valence-corrected chi connectivity index (χ2v) is 9.27. The average Bonchev–Trinajstić information content (AvgIpc) is 3.32. The van der Waals surface area contributed by atoms with Crippen LogP contribution in [-0.2, 0) is 16.1 Å². The van der Waals surface area contributed by atoms with Crippen molar-refractivity contribution in [2.24, 2.45) is 5.92 Å². The van der Waals surface area contributed by atoms with E-state index in [4.69, 9.17) is 9.72 Å². The van der Waals surface area contributed by atoms with Gasteiger partial charge in [-0.25, -0.2) is 4.98 Å². The fraction of sp³-hybridized carbons (Fsp3) is 0.233. The predicted octanol–water partition coefficient (Wildman–Crippen LogP) is 5.48. The number of hydrogen-bond donors (Lipinski definition) is 1. The molecule has 7 heteroatoms. The first kappa shape index (κ1) is 25.7. The summed E-state index contributed by atoms with van der Waals surface area (Å²) in [4.78, 5) is 32.5. The molecule has 1 heterocycles. The molecule has 0 aliphatic heterocycles. The summed E-state index contributed by atoms with van der Waals surface area (Å²) in [6.07, 6.45) is 1.89. The number of carbonyl (C=O) groups excluding carboxylic acids is 2. The molecule has 0 bridgehead atoms. The molecule has 2 amide bonds. The summed E-state index contributed by atoms with van der Waals surface area (Å²) in [5.41, 5.74) is 4.56. The number of benzene rings is 3. The highest BCUT2D eigenvalue weighted by molar-refractivity contribution is 5.94. The summed E-state index contributed by atoms with van der Waals surface area (Å²) in [7, 11) is 1.62. The Morgan fingerprint density at radius 1 is 0.973 bits per heavy atom. The summed E-state index contributed by atoms with van der Waals surface area (Å²) >= 11 is 0. The number of amides is 2. The zero-order valence-corrected chi connectivity index (χ0v) is 21.6. The van der Waals surface area contributed by atoms with Crippen LogP contribution < -0.4 is 10.1 Å². The van der Waals surface area contributed by atoms with E-state index in [0.717, 1.165) is 28.1 Å². The van der Waals surface area contributed by atoms with Crippen molar-refractivity contribution in [3.63, 3.8) is 0 Å². The lowest BCUT2D eigenvalue weighted by Gasteiger charge is -2.24. The number of aromatic nitrogens is 2. The maximum atomic E-state index is 13.2. The molecule has 3 aromatic carbocycles. The van der Waals surface area contributed by atoms with Gasteiger partial charge in [0.15, 0.2) is 0 Å². The summed E-state index contributed by atoms with van der Waals surface area (Å²) < 4.78 is 7.12. The van der Waals surface area contributed by atoms with Gasteiger partial charge in [0, 0.05) is 29.9 Å². The highest BCUT2D eigenvalue weighted by Gasteiger charge is 2.22. The smallest absolute Gasteiger partial charge is 0.246 e. The van der Waals surface area contributed by atoms with E-state index in [1.165, 1.54) is 0 Å². The summed E-state index contributed by atoms with van der Waals surface area (Å²) in [6, 6.07) is 25.2. The molecule has 1 aromatic heterocycles. The molecule has 4 aromatic rings. The monoisotopic (exact) mass is 496 g/mol. The minimum atomic E-state index is -0.315. The molecule has 190 valence electrons. The molecular formula is C30H32N4O3. The topological polar surface area (TPSA) is 76.5 Å². The predicted molar refractivity (Wildman–Crippen MR) is 146 cm³/mol. The number of nitrogens with one attached hydrogen (secondary N) is 1. The zero-order chi connectivity index (χ0) is 26.4. The lowest BCUT2D eigenvalue weighted by molar-refractivity contribution is -0.138. The molecular weight excluding hydrogens is 464 g/mol. The molecule has 1 N–H and O–H groups in total. The Balaban J connectivity index is 1.61. The van der Waals surface area contributed by atoms with Crippen molar-refractivity contribution in [2.45, 2.75) is 27.3 Å². The van der Waals surface area contributed by atoms with Gasteiger partial charge in [0.2, 0.25) is 17.8 Å². The molecule has 0 atom stereocenters. The third-order valence-electron chi connectivity index (χ3n) is 6.01. The highest BCUT2D eigenvalue weighted by Crippen LogP contribution is 2.26. The Bertz CT molecular complexity index is 1340. The van der Waals surface area contributed by atoms with E-state index in [2.05, 4.69) is 5.32 Å². The average molecular weight is 497 g/mol. The van der Waals surface area contributed by atoms with Gasteiger partial charge >= 0.3 is 0 Å². The zero-order valence-electron chi connectivity index (χ0n) is 21.6. The Kier molecular flexibility index (Phi) is 8.03. The number of nitrogens with zero attached hydrogens (tertiary/aromatic N) is 3. The van der Waals surface area contributed by atoms with E-state index in [-0.39, 0.29) is 24.3 Å². The first-order valence-electron chi connectivity index (χ1n) is 12.3. The third-order valence-corrected chi connectivity index (χ3v) is 6.01. The minimum absolute atomic E-state index is 0.0788. The lowest BCUT2D eigenvalue weighted by atomic mass is 10.1. The largest absolute Gasteiger partial charge is 0.497 e. The summed E-state index contributed by atoms with van der Waals surface area (Å²) in [5, 5.41) is 2.94. The van der Waals surface area contributed by atoms with E-state index in [1.54, 1.807) is 12.0 Å². The van der Waals surface area contributed by atoms with Gasteiger partial charge in [-0.2, -0.15) is 0 Å². The van der Waals surface area contributed by atoms with E-state index in [9.17, 15) is 9.59 Å². The van der Waals surface area contributed by atoms with Gasteiger partial charge in [0.25, 0.3) is 0 Å². The van der Waals surface area contributed by atoms with Gasteiger partial charge in [-0.3, -0.25) is 19.5 Å². The number of rotatable bonds is 9. The number of methoxy groups -OCH3 is 1. The molecule has 0 unspecified atom stereocenters. The van der Waals surface area contributed by atoms with E-state index < -0.39 is 0 Å². The van der Waals surface area contributed by atoms with Crippen molar-refractivity contribution in [3.05, 3.63) is 96.2 Å². The van der Waals surface area contributed by atoms with Crippen molar-refractivity contribution in [1.29, 1.82) is 0 Å². The van der Waals surface area contributed by atoms with Gasteiger partial charge in [-0.05, 0) is 48.9 Å². The van der Waals surface area contributed by atoms with Crippen LogP contribution in [0.25, 0.3) is 16.9 Å². The number of hydrogen-bond acceptors (Lipinski definition) is 4. The van der Waals surface area contributed by atoms with Crippen molar-refractivity contribution < 1.29 is 14.3 Å². The molecule has 0 saturated heterocycles. The van der Waals surface area contributed by atoms with Crippen LogP contribution in [0.3, 0.4) is 0 Å². The van der Waals surface area contributed by atoms with Crippen molar-refractivity contribution >= 4 is 17.8 Å². The van der Waals surface area contributed by atoms with Crippen molar-refractivity contribution in [1.82, 2.24) is 14.5 Å². The van der Waals surface area contributed by atoms with E-state index in [1.807, 2.05) is 110 Å². The molecule has 0 radical (unpaired) electrons. The molecule has 0 spiro atoms. The van der Waals surface area contributed by atoms with Crippen LogP contribution >= 0.6 is 0 Å². The second kappa shape index (κ2) is 11.6. The van der Waals surface area contributed by atoms with Crippen LogP contribution in [0.4, 0.5) is 5.95 Å². The number of carbonyl (C=O) groups is 2. The van der Waals surface area contributed by atoms with Gasteiger partial charge in [-0.15, -0.1) is 0 Å². The quantitative estimate of drug-likeness (QED) is 0.333. The molecule has 7 nitrogen and oxygen atoms in total. The van der Waals surface area contributed by atoms with Crippen LogP contribution in [0.1, 0.15) is 25.0 Å². The van der Waals surface area contributed by atoms with Crippen LogP contribution in [0.15, 0.2) is 85.1 Å². The fourth-order valence-electron chi connectivity index (χ4n) is 3.99. The summed E-state index contributed by atoms with van der Waals surface area (Å²) in [5.74, 6) is 0.512. The van der Waals surface area contributed by atoms with Crippen molar-refractivity contribution in [3.8, 4) is 22.7 Å². The van der Waals surface area contributed by atoms with Gasteiger partial charge in [-0.1, -0.05) is 61.9 Å². The molecule has 0 saturated carbocycles.